The molecule has 0 bridgehead atoms. The lowest BCUT2D eigenvalue weighted by atomic mass is 10.1. The Labute approximate surface area is 101 Å². The Morgan fingerprint density at radius 2 is 2.29 bits per heavy atom. The first-order valence-corrected chi connectivity index (χ1v) is 7.52. The summed E-state index contributed by atoms with van der Waals surface area (Å²) in [5.74, 6) is 0.571. The summed E-state index contributed by atoms with van der Waals surface area (Å²) in [6, 6.07) is 0. The van der Waals surface area contributed by atoms with E-state index in [1.807, 2.05) is 6.92 Å². The molecule has 7 heteroatoms. The van der Waals surface area contributed by atoms with Crippen molar-refractivity contribution < 1.29 is 13.2 Å². The SMILES string of the molecule is CCc1nc(S(=O)(=O)CC2CCCCO2)n[nH]1. The van der Waals surface area contributed by atoms with Gasteiger partial charge in [-0.05, 0) is 19.3 Å². The molecule has 1 saturated heterocycles. The van der Waals surface area contributed by atoms with E-state index in [1.54, 1.807) is 0 Å². The zero-order valence-corrected chi connectivity index (χ0v) is 10.7. The van der Waals surface area contributed by atoms with Gasteiger partial charge in [-0.15, -0.1) is 5.10 Å². The van der Waals surface area contributed by atoms with Crippen LogP contribution in [0, 0.1) is 0 Å². The monoisotopic (exact) mass is 259 g/mol. The van der Waals surface area contributed by atoms with E-state index in [-0.39, 0.29) is 17.0 Å². The van der Waals surface area contributed by atoms with Crippen LogP contribution < -0.4 is 0 Å². The van der Waals surface area contributed by atoms with Crippen molar-refractivity contribution in [2.24, 2.45) is 0 Å². The quantitative estimate of drug-likeness (QED) is 0.860. The molecule has 1 unspecified atom stereocenters. The summed E-state index contributed by atoms with van der Waals surface area (Å²) in [5.41, 5.74) is 0. The summed E-state index contributed by atoms with van der Waals surface area (Å²) in [4.78, 5) is 3.96. The van der Waals surface area contributed by atoms with Crippen LogP contribution in [0.1, 0.15) is 32.0 Å². The maximum absolute atomic E-state index is 12.0. The molecule has 1 fully saturated rings. The summed E-state index contributed by atoms with van der Waals surface area (Å²) in [5, 5.41) is 6.25. The molecule has 0 saturated carbocycles. The Hall–Kier alpha value is -0.950. The fourth-order valence-corrected chi connectivity index (χ4v) is 3.17. The van der Waals surface area contributed by atoms with Gasteiger partial charge in [-0.25, -0.2) is 13.4 Å². The van der Waals surface area contributed by atoms with Crippen molar-refractivity contribution in [1.82, 2.24) is 15.2 Å². The molecule has 1 aliphatic heterocycles. The van der Waals surface area contributed by atoms with Crippen molar-refractivity contribution in [2.45, 2.75) is 43.9 Å². The van der Waals surface area contributed by atoms with Crippen LogP contribution in [0.4, 0.5) is 0 Å². The van der Waals surface area contributed by atoms with Gasteiger partial charge in [-0.3, -0.25) is 5.10 Å². The summed E-state index contributed by atoms with van der Waals surface area (Å²) in [6.45, 7) is 2.54. The average molecular weight is 259 g/mol. The number of aromatic amines is 1. The van der Waals surface area contributed by atoms with Gasteiger partial charge in [-0.2, -0.15) is 0 Å². The second-order valence-electron chi connectivity index (χ2n) is 4.19. The van der Waals surface area contributed by atoms with E-state index in [0.29, 0.717) is 18.9 Å². The van der Waals surface area contributed by atoms with Crippen molar-refractivity contribution in [3.63, 3.8) is 0 Å². The summed E-state index contributed by atoms with van der Waals surface area (Å²) in [7, 11) is -3.43. The van der Waals surface area contributed by atoms with Crippen molar-refractivity contribution in [3.8, 4) is 0 Å². The predicted octanol–water partition coefficient (Wildman–Crippen LogP) is 0.710. The van der Waals surface area contributed by atoms with Crippen molar-refractivity contribution in [3.05, 3.63) is 5.82 Å². The Bertz CT molecular complexity index is 463. The number of aryl methyl sites for hydroxylation is 1. The molecule has 2 rings (SSSR count). The van der Waals surface area contributed by atoms with Crippen molar-refractivity contribution in [1.29, 1.82) is 0 Å². The zero-order valence-electron chi connectivity index (χ0n) is 9.85. The molecule has 0 spiro atoms. The molecule has 1 aromatic heterocycles. The maximum atomic E-state index is 12.0. The fourth-order valence-electron chi connectivity index (χ4n) is 1.83. The van der Waals surface area contributed by atoms with Crippen LogP contribution in [0.25, 0.3) is 0 Å². The average Bonchev–Trinajstić information content (AvgIpc) is 2.79. The predicted molar refractivity (Wildman–Crippen MR) is 61.4 cm³/mol. The van der Waals surface area contributed by atoms with Crippen LogP contribution in [0.3, 0.4) is 0 Å². The van der Waals surface area contributed by atoms with E-state index in [2.05, 4.69) is 15.2 Å². The minimum absolute atomic E-state index is 0.0198. The molecule has 1 atom stereocenters. The molecule has 0 radical (unpaired) electrons. The Kier molecular flexibility index (Phi) is 3.78. The Morgan fingerprint density at radius 1 is 1.47 bits per heavy atom. The fraction of sp³-hybridized carbons (Fsp3) is 0.800. The van der Waals surface area contributed by atoms with Crippen LogP contribution in [-0.2, 0) is 21.0 Å². The van der Waals surface area contributed by atoms with E-state index in [0.717, 1.165) is 19.3 Å². The van der Waals surface area contributed by atoms with Gasteiger partial charge < -0.3 is 4.74 Å². The standard InChI is InChI=1S/C10H17N3O3S/c1-2-9-11-10(13-12-9)17(14,15)7-8-5-3-4-6-16-8/h8H,2-7H2,1H3,(H,11,12,13). The summed E-state index contributed by atoms with van der Waals surface area (Å²) in [6.07, 6.45) is 3.26. The third kappa shape index (κ3) is 3.04. The topological polar surface area (TPSA) is 84.9 Å². The highest BCUT2D eigenvalue weighted by Crippen LogP contribution is 2.17. The lowest BCUT2D eigenvalue weighted by Gasteiger charge is -2.21. The van der Waals surface area contributed by atoms with Crippen LogP contribution in [0.5, 0.6) is 0 Å². The molecule has 1 N–H and O–H groups in total. The molecule has 1 aromatic rings. The summed E-state index contributed by atoms with van der Waals surface area (Å²) < 4.78 is 29.4. The normalized spacial score (nSPS) is 21.6. The molecular formula is C10H17N3O3S. The highest BCUT2D eigenvalue weighted by atomic mass is 32.2. The van der Waals surface area contributed by atoms with Gasteiger partial charge in [0, 0.05) is 13.0 Å². The molecule has 0 amide bonds. The number of hydrogen-bond acceptors (Lipinski definition) is 5. The van der Waals surface area contributed by atoms with Crippen molar-refractivity contribution in [2.75, 3.05) is 12.4 Å². The lowest BCUT2D eigenvalue weighted by Crippen LogP contribution is -2.28. The number of rotatable bonds is 4. The zero-order chi connectivity index (χ0) is 12.3. The number of ether oxygens (including phenoxy) is 1. The second kappa shape index (κ2) is 5.14. The molecule has 17 heavy (non-hydrogen) atoms. The van der Waals surface area contributed by atoms with E-state index in [1.165, 1.54) is 0 Å². The molecule has 0 aliphatic carbocycles. The van der Waals surface area contributed by atoms with Crippen LogP contribution in [0.15, 0.2) is 5.16 Å². The summed E-state index contributed by atoms with van der Waals surface area (Å²) >= 11 is 0. The smallest absolute Gasteiger partial charge is 0.266 e. The van der Waals surface area contributed by atoms with E-state index in [9.17, 15) is 8.42 Å². The van der Waals surface area contributed by atoms with Crippen LogP contribution in [0.2, 0.25) is 0 Å². The minimum Gasteiger partial charge on any atom is -0.377 e. The van der Waals surface area contributed by atoms with Gasteiger partial charge in [-0.1, -0.05) is 6.92 Å². The number of sulfone groups is 1. The Balaban J connectivity index is 2.07. The third-order valence-corrected chi connectivity index (χ3v) is 4.35. The second-order valence-corrected chi connectivity index (χ2v) is 6.12. The molecule has 96 valence electrons. The number of nitrogens with zero attached hydrogens (tertiary/aromatic N) is 2. The molecule has 2 heterocycles. The third-order valence-electron chi connectivity index (χ3n) is 2.80. The van der Waals surface area contributed by atoms with E-state index >= 15 is 0 Å². The number of H-pyrrole nitrogens is 1. The number of aromatic nitrogens is 3. The Morgan fingerprint density at radius 3 is 2.88 bits per heavy atom. The number of nitrogens with one attached hydrogen (secondary N) is 1. The maximum Gasteiger partial charge on any atom is 0.266 e. The highest BCUT2D eigenvalue weighted by Gasteiger charge is 2.26. The van der Waals surface area contributed by atoms with Gasteiger partial charge in [0.05, 0.1) is 11.9 Å². The molecule has 1 aliphatic rings. The first-order chi connectivity index (χ1) is 8.12. The van der Waals surface area contributed by atoms with Gasteiger partial charge >= 0.3 is 0 Å². The molecule has 0 aromatic carbocycles. The van der Waals surface area contributed by atoms with Gasteiger partial charge in [0.15, 0.2) is 0 Å². The van der Waals surface area contributed by atoms with Crippen LogP contribution in [-0.4, -0.2) is 42.1 Å². The van der Waals surface area contributed by atoms with E-state index < -0.39 is 9.84 Å². The minimum atomic E-state index is -3.43. The number of hydrogen-bond donors (Lipinski definition) is 1. The molecule has 6 nitrogen and oxygen atoms in total. The largest absolute Gasteiger partial charge is 0.377 e. The molecular weight excluding hydrogens is 242 g/mol. The van der Waals surface area contributed by atoms with Gasteiger partial charge in [0.25, 0.3) is 5.16 Å². The first kappa shape index (κ1) is 12.5. The van der Waals surface area contributed by atoms with Gasteiger partial charge in [0.2, 0.25) is 9.84 Å². The first-order valence-electron chi connectivity index (χ1n) is 5.87. The van der Waals surface area contributed by atoms with E-state index in [4.69, 9.17) is 4.74 Å². The van der Waals surface area contributed by atoms with Crippen LogP contribution >= 0.6 is 0 Å². The van der Waals surface area contributed by atoms with Crippen molar-refractivity contribution >= 4 is 9.84 Å². The van der Waals surface area contributed by atoms with Gasteiger partial charge in [0.1, 0.15) is 5.82 Å². The highest BCUT2D eigenvalue weighted by molar-refractivity contribution is 7.91. The lowest BCUT2D eigenvalue weighted by molar-refractivity contribution is 0.0304.